The van der Waals surface area contributed by atoms with E-state index in [2.05, 4.69) is 6.92 Å². The van der Waals surface area contributed by atoms with Crippen LogP contribution in [0.5, 0.6) is 0 Å². The van der Waals surface area contributed by atoms with E-state index in [0.717, 1.165) is 19.3 Å². The van der Waals surface area contributed by atoms with E-state index in [4.69, 9.17) is 14.2 Å². The lowest BCUT2D eigenvalue weighted by Gasteiger charge is -2.33. The summed E-state index contributed by atoms with van der Waals surface area (Å²) in [5.41, 5.74) is -0.990. The summed E-state index contributed by atoms with van der Waals surface area (Å²) in [5.74, 6) is -11.9. The third-order valence-electron chi connectivity index (χ3n) is 5.65. The molecule has 0 aliphatic rings. The highest BCUT2D eigenvalue weighted by atomic mass is 19.2. The highest BCUT2D eigenvalue weighted by Crippen LogP contribution is 2.30. The number of hydrogen-bond donors (Lipinski definition) is 1. The minimum absolute atomic E-state index is 0.0572. The number of aliphatic hydroxyl groups is 1. The molecule has 32 heavy (non-hydrogen) atoms. The molecule has 1 rings (SSSR count). The van der Waals surface area contributed by atoms with Crippen molar-refractivity contribution >= 4 is 0 Å². The number of hydrogen-bond acceptors (Lipinski definition) is 4. The van der Waals surface area contributed by atoms with Gasteiger partial charge in [-0.2, -0.15) is 0 Å². The Labute approximate surface area is 187 Å². The van der Waals surface area contributed by atoms with Gasteiger partial charge in [0.15, 0.2) is 23.3 Å². The second-order valence-corrected chi connectivity index (χ2v) is 7.89. The van der Waals surface area contributed by atoms with E-state index in [-0.39, 0.29) is 12.5 Å². The zero-order chi connectivity index (χ0) is 24.1. The van der Waals surface area contributed by atoms with Crippen molar-refractivity contribution < 1.29 is 41.3 Å². The van der Waals surface area contributed by atoms with Crippen LogP contribution < -0.4 is 0 Å². The zero-order valence-corrected chi connectivity index (χ0v) is 19.1. The molecule has 9 heteroatoms. The van der Waals surface area contributed by atoms with Crippen LogP contribution in [0.4, 0.5) is 22.0 Å². The molecule has 186 valence electrons. The van der Waals surface area contributed by atoms with Crippen LogP contribution in [0.25, 0.3) is 0 Å². The van der Waals surface area contributed by atoms with Gasteiger partial charge in [-0.15, -0.1) is 0 Å². The maximum absolute atomic E-state index is 13.7. The van der Waals surface area contributed by atoms with Gasteiger partial charge >= 0.3 is 0 Å². The van der Waals surface area contributed by atoms with Crippen LogP contribution in [0.1, 0.15) is 76.7 Å². The van der Waals surface area contributed by atoms with Crippen LogP contribution in [0, 0.1) is 35.0 Å². The van der Waals surface area contributed by atoms with Crippen molar-refractivity contribution in [1.82, 2.24) is 0 Å². The molecule has 0 saturated heterocycles. The molecular weight excluding hydrogens is 435 g/mol. The number of rotatable bonds is 17. The summed E-state index contributed by atoms with van der Waals surface area (Å²) in [6.45, 7) is 1.48. The molecule has 0 spiro atoms. The van der Waals surface area contributed by atoms with Crippen LogP contribution in [-0.4, -0.2) is 31.9 Å². The molecule has 0 heterocycles. The Morgan fingerprint density at radius 2 is 1.19 bits per heavy atom. The molecule has 1 aromatic carbocycles. The first-order valence-electron chi connectivity index (χ1n) is 11.1. The highest BCUT2D eigenvalue weighted by molar-refractivity contribution is 5.23. The normalized spacial score (nSPS) is 13.0. The molecule has 1 N–H and O–H groups in total. The number of benzene rings is 1. The van der Waals surface area contributed by atoms with Gasteiger partial charge < -0.3 is 19.3 Å². The smallest absolute Gasteiger partial charge is 0.282 e. The van der Waals surface area contributed by atoms with E-state index in [1.165, 1.54) is 33.5 Å². The first kappa shape index (κ1) is 28.7. The SMILES string of the molecule is CCCCCCCCC(CCCCOCc1c(F)c(F)c(F)c(F)c1F)C(O)(OC)OC. The Kier molecular flexibility index (Phi) is 13.3. The largest absolute Gasteiger partial charge is 0.377 e. The summed E-state index contributed by atoms with van der Waals surface area (Å²) in [5, 5.41) is 10.6. The predicted molar refractivity (Wildman–Crippen MR) is 110 cm³/mol. The fourth-order valence-electron chi connectivity index (χ4n) is 3.64. The molecule has 1 aromatic rings. The Morgan fingerprint density at radius 1 is 0.719 bits per heavy atom. The Hall–Kier alpha value is -1.29. The summed E-state index contributed by atoms with van der Waals surface area (Å²) >= 11 is 0. The minimum atomic E-state index is -2.19. The summed E-state index contributed by atoms with van der Waals surface area (Å²) in [4.78, 5) is 0. The predicted octanol–water partition coefficient (Wildman–Crippen LogP) is 6.37. The molecule has 0 aromatic heterocycles. The maximum atomic E-state index is 13.7. The van der Waals surface area contributed by atoms with Crippen LogP contribution in [0.3, 0.4) is 0 Å². The summed E-state index contributed by atoms with van der Waals surface area (Å²) in [6.07, 6.45) is 8.96. The lowest BCUT2D eigenvalue weighted by Crippen LogP contribution is -2.42. The van der Waals surface area contributed by atoms with Gasteiger partial charge in [0.05, 0.1) is 12.2 Å². The van der Waals surface area contributed by atoms with Crippen molar-refractivity contribution in [1.29, 1.82) is 0 Å². The first-order chi connectivity index (χ1) is 15.2. The molecule has 0 aliphatic heterocycles. The average molecular weight is 471 g/mol. The summed E-state index contributed by atoms with van der Waals surface area (Å²) in [7, 11) is 2.73. The standard InChI is InChI=1S/C23H35F5O4/c1-4-5-6-7-8-9-12-16(23(29,30-2)31-3)13-10-11-14-32-15-17-18(24)20(26)22(28)21(27)19(17)25/h16,29H,4-15H2,1-3H3. The van der Waals surface area contributed by atoms with E-state index in [0.29, 0.717) is 25.7 Å². The lowest BCUT2D eigenvalue weighted by molar-refractivity contribution is -0.369. The Morgan fingerprint density at radius 3 is 1.72 bits per heavy atom. The van der Waals surface area contributed by atoms with Gasteiger partial charge in [-0.1, -0.05) is 51.9 Å². The van der Waals surface area contributed by atoms with Crippen molar-refractivity contribution in [2.45, 2.75) is 83.7 Å². The van der Waals surface area contributed by atoms with Gasteiger partial charge in [0, 0.05) is 26.7 Å². The molecule has 1 unspecified atom stereocenters. The van der Waals surface area contributed by atoms with Crippen molar-refractivity contribution in [3.05, 3.63) is 34.6 Å². The van der Waals surface area contributed by atoms with Crippen molar-refractivity contribution in [3.63, 3.8) is 0 Å². The third kappa shape index (κ3) is 8.24. The molecular formula is C23H35F5O4. The van der Waals surface area contributed by atoms with E-state index < -0.39 is 47.2 Å². The fraction of sp³-hybridized carbons (Fsp3) is 0.739. The third-order valence-corrected chi connectivity index (χ3v) is 5.65. The molecule has 0 aliphatic carbocycles. The van der Waals surface area contributed by atoms with Crippen LogP contribution in [0.15, 0.2) is 0 Å². The first-order valence-corrected chi connectivity index (χ1v) is 11.1. The van der Waals surface area contributed by atoms with Crippen LogP contribution in [-0.2, 0) is 20.8 Å². The van der Waals surface area contributed by atoms with Crippen LogP contribution in [0.2, 0.25) is 0 Å². The van der Waals surface area contributed by atoms with E-state index in [1.807, 2.05) is 0 Å². The molecule has 0 amide bonds. The second-order valence-electron chi connectivity index (χ2n) is 7.89. The van der Waals surface area contributed by atoms with E-state index in [9.17, 15) is 27.1 Å². The number of ether oxygens (including phenoxy) is 3. The minimum Gasteiger partial charge on any atom is -0.377 e. The fourth-order valence-corrected chi connectivity index (χ4v) is 3.64. The summed E-state index contributed by atoms with van der Waals surface area (Å²) < 4.78 is 82.3. The maximum Gasteiger partial charge on any atom is 0.282 e. The number of halogens is 5. The monoisotopic (exact) mass is 470 g/mol. The molecule has 0 fully saturated rings. The van der Waals surface area contributed by atoms with Gasteiger partial charge in [-0.05, 0) is 19.3 Å². The Bertz CT molecular complexity index is 654. The van der Waals surface area contributed by atoms with Crippen molar-refractivity contribution in [3.8, 4) is 0 Å². The van der Waals surface area contributed by atoms with Crippen molar-refractivity contribution in [2.75, 3.05) is 20.8 Å². The lowest BCUT2D eigenvalue weighted by atomic mass is 9.92. The summed E-state index contributed by atoms with van der Waals surface area (Å²) in [6, 6.07) is 0. The van der Waals surface area contributed by atoms with Gasteiger partial charge in [0.2, 0.25) is 5.82 Å². The van der Waals surface area contributed by atoms with E-state index in [1.54, 1.807) is 0 Å². The molecule has 4 nitrogen and oxygen atoms in total. The molecule has 1 atom stereocenters. The van der Waals surface area contributed by atoms with Gasteiger partial charge in [0.25, 0.3) is 5.97 Å². The molecule has 0 bridgehead atoms. The topological polar surface area (TPSA) is 47.9 Å². The highest BCUT2D eigenvalue weighted by Gasteiger charge is 2.36. The van der Waals surface area contributed by atoms with Gasteiger partial charge in [-0.3, -0.25) is 0 Å². The molecule has 0 saturated carbocycles. The van der Waals surface area contributed by atoms with Crippen molar-refractivity contribution in [2.24, 2.45) is 5.92 Å². The average Bonchev–Trinajstić information content (AvgIpc) is 2.80. The molecule has 0 radical (unpaired) electrons. The number of methoxy groups -OCH3 is 2. The number of unbranched alkanes of at least 4 members (excludes halogenated alkanes) is 6. The zero-order valence-electron chi connectivity index (χ0n) is 19.1. The van der Waals surface area contributed by atoms with Gasteiger partial charge in [0.1, 0.15) is 0 Å². The second kappa shape index (κ2) is 14.8. The Balaban J connectivity index is 2.49. The quantitative estimate of drug-likeness (QED) is 0.0944. The van der Waals surface area contributed by atoms with Gasteiger partial charge in [-0.25, -0.2) is 22.0 Å². The van der Waals surface area contributed by atoms with Crippen LogP contribution >= 0.6 is 0 Å². The van der Waals surface area contributed by atoms with E-state index >= 15 is 0 Å².